The van der Waals surface area contributed by atoms with Crippen LogP contribution in [-0.4, -0.2) is 32.0 Å². The molecule has 2 N–H and O–H groups in total. The van der Waals surface area contributed by atoms with E-state index in [0.717, 1.165) is 32.4 Å². The van der Waals surface area contributed by atoms with Crippen molar-refractivity contribution in [1.29, 1.82) is 0 Å². The first-order valence-electron chi connectivity index (χ1n) is 6.05. The summed E-state index contributed by atoms with van der Waals surface area (Å²) < 4.78 is 0. The van der Waals surface area contributed by atoms with E-state index in [1.54, 1.807) is 0 Å². The van der Waals surface area contributed by atoms with Crippen LogP contribution in [0.25, 0.3) is 0 Å². The van der Waals surface area contributed by atoms with E-state index in [1.165, 1.54) is 0 Å². The average Bonchev–Trinajstić information content (AvgIpc) is 2.22. The van der Waals surface area contributed by atoms with E-state index < -0.39 is 0 Å². The smallest absolute Gasteiger partial charge is 0.137 e. The third kappa shape index (κ3) is 3.92. The molecule has 0 amide bonds. The maximum atomic E-state index is 12.0. The molecule has 15 heavy (non-hydrogen) atoms. The molecule has 0 aromatic carbocycles. The summed E-state index contributed by atoms with van der Waals surface area (Å²) in [7, 11) is 1.94. The van der Waals surface area contributed by atoms with Gasteiger partial charge in [-0.25, -0.2) is 0 Å². The molecule has 1 saturated heterocycles. The second-order valence-electron chi connectivity index (χ2n) is 4.81. The monoisotopic (exact) mass is 212 g/mol. The zero-order chi connectivity index (χ0) is 11.3. The predicted octanol–water partition coefficient (Wildman–Crippen LogP) is 1.19. The summed E-state index contributed by atoms with van der Waals surface area (Å²) >= 11 is 0. The van der Waals surface area contributed by atoms with Crippen molar-refractivity contribution < 1.29 is 4.79 Å². The highest BCUT2D eigenvalue weighted by atomic mass is 16.1. The van der Waals surface area contributed by atoms with Gasteiger partial charge >= 0.3 is 0 Å². The minimum atomic E-state index is 0.199. The molecule has 0 aliphatic carbocycles. The van der Waals surface area contributed by atoms with Crippen LogP contribution in [0.2, 0.25) is 0 Å². The van der Waals surface area contributed by atoms with Crippen LogP contribution in [0.4, 0.5) is 0 Å². The minimum Gasteiger partial charge on any atom is -0.320 e. The second kappa shape index (κ2) is 6.23. The number of Topliss-reactive ketones (excluding diaryl/α,β-unsaturated/α-hetero) is 1. The summed E-state index contributed by atoms with van der Waals surface area (Å²) in [4.78, 5) is 12.0. The standard InChI is InChI=1S/C12H24N2O/c1-9-4-5-12(15)11(6-7-13-3)10(2)14-8-9/h9-11,13-14H,4-8H2,1-3H3. The molecule has 1 rings (SSSR count). The molecule has 1 fully saturated rings. The number of carbonyl (C=O) groups excluding carboxylic acids is 1. The fourth-order valence-corrected chi connectivity index (χ4v) is 2.20. The van der Waals surface area contributed by atoms with Gasteiger partial charge in [-0.15, -0.1) is 0 Å². The van der Waals surface area contributed by atoms with Gasteiger partial charge in [0.15, 0.2) is 0 Å². The lowest BCUT2D eigenvalue weighted by Gasteiger charge is -2.28. The first-order valence-corrected chi connectivity index (χ1v) is 6.05. The van der Waals surface area contributed by atoms with Crippen molar-refractivity contribution in [3.05, 3.63) is 0 Å². The summed E-state index contributed by atoms with van der Waals surface area (Å²) in [5.41, 5.74) is 0. The molecule has 0 aromatic rings. The molecule has 0 radical (unpaired) electrons. The van der Waals surface area contributed by atoms with Gasteiger partial charge in [0.1, 0.15) is 5.78 Å². The van der Waals surface area contributed by atoms with Crippen LogP contribution in [-0.2, 0) is 4.79 Å². The van der Waals surface area contributed by atoms with Crippen LogP contribution >= 0.6 is 0 Å². The zero-order valence-electron chi connectivity index (χ0n) is 10.2. The molecular formula is C12H24N2O. The van der Waals surface area contributed by atoms with Crippen molar-refractivity contribution >= 4 is 5.78 Å². The fourth-order valence-electron chi connectivity index (χ4n) is 2.20. The highest BCUT2D eigenvalue weighted by Crippen LogP contribution is 2.18. The Labute approximate surface area is 93.0 Å². The van der Waals surface area contributed by atoms with E-state index in [-0.39, 0.29) is 5.92 Å². The van der Waals surface area contributed by atoms with Crippen LogP contribution in [0, 0.1) is 11.8 Å². The molecule has 1 aliphatic rings. The maximum absolute atomic E-state index is 12.0. The predicted molar refractivity (Wildman–Crippen MR) is 62.9 cm³/mol. The third-order valence-electron chi connectivity index (χ3n) is 3.39. The van der Waals surface area contributed by atoms with Crippen LogP contribution in [0.5, 0.6) is 0 Å². The molecule has 1 heterocycles. The highest BCUT2D eigenvalue weighted by molar-refractivity contribution is 5.81. The Hall–Kier alpha value is -0.410. The van der Waals surface area contributed by atoms with E-state index in [4.69, 9.17) is 0 Å². The average molecular weight is 212 g/mol. The van der Waals surface area contributed by atoms with Gasteiger partial charge in [0.25, 0.3) is 0 Å². The first kappa shape index (κ1) is 12.7. The molecule has 1 aliphatic heterocycles. The molecule has 3 unspecified atom stereocenters. The van der Waals surface area contributed by atoms with Crippen molar-refractivity contribution in [3.63, 3.8) is 0 Å². The topological polar surface area (TPSA) is 41.1 Å². The van der Waals surface area contributed by atoms with Crippen molar-refractivity contribution in [1.82, 2.24) is 10.6 Å². The van der Waals surface area contributed by atoms with Gasteiger partial charge in [0.2, 0.25) is 0 Å². The van der Waals surface area contributed by atoms with Crippen LogP contribution in [0.15, 0.2) is 0 Å². The van der Waals surface area contributed by atoms with Gasteiger partial charge in [-0.05, 0) is 45.8 Å². The quantitative estimate of drug-likeness (QED) is 0.738. The van der Waals surface area contributed by atoms with Crippen molar-refractivity contribution in [3.8, 4) is 0 Å². The molecule has 0 bridgehead atoms. The van der Waals surface area contributed by atoms with E-state index >= 15 is 0 Å². The Morgan fingerprint density at radius 2 is 2.20 bits per heavy atom. The number of carbonyl (C=O) groups is 1. The lowest BCUT2D eigenvalue weighted by molar-refractivity contribution is -0.124. The Morgan fingerprint density at radius 3 is 2.87 bits per heavy atom. The van der Waals surface area contributed by atoms with Gasteiger partial charge in [-0.2, -0.15) is 0 Å². The summed E-state index contributed by atoms with van der Waals surface area (Å²) in [5, 5.41) is 6.60. The Balaban J connectivity index is 2.53. The summed E-state index contributed by atoms with van der Waals surface area (Å²) in [5.74, 6) is 1.27. The minimum absolute atomic E-state index is 0.199. The third-order valence-corrected chi connectivity index (χ3v) is 3.39. The molecular weight excluding hydrogens is 188 g/mol. The van der Waals surface area contributed by atoms with Crippen LogP contribution < -0.4 is 10.6 Å². The SMILES string of the molecule is CNCCC1C(=O)CCC(C)CNC1C. The Morgan fingerprint density at radius 1 is 1.47 bits per heavy atom. The molecule has 0 saturated carbocycles. The molecule has 0 spiro atoms. The van der Waals surface area contributed by atoms with Gasteiger partial charge in [-0.1, -0.05) is 6.92 Å². The van der Waals surface area contributed by atoms with E-state index in [9.17, 15) is 4.79 Å². The van der Waals surface area contributed by atoms with Gasteiger partial charge in [0, 0.05) is 18.4 Å². The zero-order valence-corrected chi connectivity index (χ0v) is 10.2. The first-order chi connectivity index (χ1) is 7.15. The van der Waals surface area contributed by atoms with Gasteiger partial charge in [0.05, 0.1) is 0 Å². The van der Waals surface area contributed by atoms with E-state index in [0.29, 0.717) is 17.7 Å². The second-order valence-corrected chi connectivity index (χ2v) is 4.81. The Bertz CT molecular complexity index is 206. The molecule has 3 heteroatoms. The molecule has 88 valence electrons. The molecule has 0 aromatic heterocycles. The van der Waals surface area contributed by atoms with Crippen molar-refractivity contribution in [2.45, 2.75) is 39.2 Å². The van der Waals surface area contributed by atoms with E-state index in [1.807, 2.05) is 7.05 Å². The largest absolute Gasteiger partial charge is 0.320 e. The summed E-state index contributed by atoms with van der Waals surface area (Å²) in [6.45, 7) is 6.32. The van der Waals surface area contributed by atoms with Crippen molar-refractivity contribution in [2.75, 3.05) is 20.1 Å². The number of hydrogen-bond donors (Lipinski definition) is 2. The van der Waals surface area contributed by atoms with Crippen LogP contribution in [0.3, 0.4) is 0 Å². The summed E-state index contributed by atoms with van der Waals surface area (Å²) in [6, 6.07) is 0.327. The molecule has 3 nitrogen and oxygen atoms in total. The number of hydrogen-bond acceptors (Lipinski definition) is 3. The highest BCUT2D eigenvalue weighted by Gasteiger charge is 2.26. The van der Waals surface area contributed by atoms with Crippen LogP contribution in [0.1, 0.15) is 33.1 Å². The lowest BCUT2D eigenvalue weighted by Crippen LogP contribution is -2.43. The Kier molecular flexibility index (Phi) is 5.26. The molecule has 3 atom stereocenters. The normalized spacial score (nSPS) is 33.5. The summed E-state index contributed by atoms with van der Waals surface area (Å²) in [6.07, 6.45) is 2.76. The lowest BCUT2D eigenvalue weighted by atomic mass is 9.86. The number of ketones is 1. The van der Waals surface area contributed by atoms with Gasteiger partial charge < -0.3 is 10.6 Å². The maximum Gasteiger partial charge on any atom is 0.137 e. The van der Waals surface area contributed by atoms with E-state index in [2.05, 4.69) is 24.5 Å². The number of nitrogens with one attached hydrogen (secondary N) is 2. The van der Waals surface area contributed by atoms with Crippen molar-refractivity contribution in [2.24, 2.45) is 11.8 Å². The number of rotatable bonds is 3. The fraction of sp³-hybridized carbons (Fsp3) is 0.917. The van der Waals surface area contributed by atoms with Gasteiger partial charge in [-0.3, -0.25) is 4.79 Å².